The number of nitrogens with zero attached hydrogens (tertiary/aromatic N) is 1. The first-order valence-electron chi connectivity index (χ1n) is 20.2. The van der Waals surface area contributed by atoms with Crippen LogP contribution in [0.1, 0.15) is 5.48 Å². The number of para-hydroxylation sites is 2. The van der Waals surface area contributed by atoms with Gasteiger partial charge in [0.25, 0.3) is 0 Å². The fraction of sp³-hybridized carbons (Fsp3) is 0. The molecule has 11 rings (SSSR count). The Balaban J connectivity index is 1.16. The van der Waals surface area contributed by atoms with E-state index in [1.165, 1.54) is 0 Å². The molecule has 10 aromatic carbocycles. The van der Waals surface area contributed by atoms with Gasteiger partial charge in [-0.05, 0) is 96.8 Å². The maximum absolute atomic E-state index is 9.77. The van der Waals surface area contributed by atoms with E-state index >= 15 is 0 Å². The number of rotatable bonds is 5. The van der Waals surface area contributed by atoms with Gasteiger partial charge in [0.15, 0.2) is 0 Å². The number of furan rings is 1. The maximum atomic E-state index is 9.77. The van der Waals surface area contributed by atoms with E-state index in [1.54, 1.807) is 0 Å². The molecule has 0 fully saturated rings. The summed E-state index contributed by atoms with van der Waals surface area (Å²) in [5, 5.41) is 10.1. The topological polar surface area (TPSA) is 16.4 Å². The lowest BCUT2D eigenvalue weighted by Gasteiger charge is -2.28. The molecule has 0 radical (unpaired) electrons. The molecular weight excluding hydrogens is 655 g/mol. The molecule has 2 nitrogen and oxygen atoms in total. The molecule has 0 aliphatic heterocycles. The van der Waals surface area contributed by atoms with Crippen LogP contribution < -0.4 is 4.90 Å². The highest BCUT2D eigenvalue weighted by Crippen LogP contribution is 2.44. The van der Waals surface area contributed by atoms with Crippen LogP contribution in [-0.4, -0.2) is 0 Å². The van der Waals surface area contributed by atoms with Gasteiger partial charge in [-0.1, -0.05) is 158 Å². The van der Waals surface area contributed by atoms with Crippen molar-refractivity contribution in [2.45, 2.75) is 0 Å². The molecule has 252 valence electrons. The average Bonchev–Trinajstić information content (AvgIpc) is 3.66. The number of hydrogen-bond donors (Lipinski definition) is 0. The summed E-state index contributed by atoms with van der Waals surface area (Å²) >= 11 is 0. The van der Waals surface area contributed by atoms with E-state index in [4.69, 9.17) is 4.42 Å². The van der Waals surface area contributed by atoms with Crippen LogP contribution in [0.4, 0.5) is 17.1 Å². The molecule has 2 heteroatoms. The van der Waals surface area contributed by atoms with Gasteiger partial charge >= 0.3 is 0 Å². The molecule has 11 aromatic rings. The highest BCUT2D eigenvalue weighted by molar-refractivity contribution is 6.16. The predicted molar refractivity (Wildman–Crippen MR) is 229 cm³/mol. The van der Waals surface area contributed by atoms with E-state index < -0.39 is 0 Å². The third kappa shape index (κ3) is 4.81. The zero-order valence-corrected chi connectivity index (χ0v) is 29.1. The van der Waals surface area contributed by atoms with E-state index in [0.717, 1.165) is 81.8 Å². The number of benzene rings is 10. The highest BCUT2D eigenvalue weighted by Gasteiger charge is 2.19. The lowest BCUT2D eigenvalue weighted by Crippen LogP contribution is -2.10. The molecule has 0 spiro atoms. The van der Waals surface area contributed by atoms with Crippen molar-refractivity contribution in [1.82, 2.24) is 0 Å². The summed E-state index contributed by atoms with van der Waals surface area (Å²) in [6.45, 7) is 0. The summed E-state index contributed by atoms with van der Waals surface area (Å²) in [6.07, 6.45) is 0. The van der Waals surface area contributed by atoms with E-state index in [9.17, 15) is 5.48 Å². The monoisotopic (exact) mass is 691 g/mol. The van der Waals surface area contributed by atoms with Crippen LogP contribution >= 0.6 is 0 Å². The minimum Gasteiger partial charge on any atom is -0.455 e. The molecule has 0 aliphatic carbocycles. The van der Waals surface area contributed by atoms with Crippen molar-refractivity contribution in [2.24, 2.45) is 0 Å². The van der Waals surface area contributed by atoms with Gasteiger partial charge in [0, 0.05) is 33.1 Å². The molecule has 0 amide bonds. The van der Waals surface area contributed by atoms with Crippen molar-refractivity contribution in [2.75, 3.05) is 4.90 Å². The van der Waals surface area contributed by atoms with Crippen molar-refractivity contribution >= 4 is 82.1 Å². The average molecular weight is 692 g/mol. The zero-order chi connectivity index (χ0) is 39.1. The quantitative estimate of drug-likeness (QED) is 0.167. The van der Waals surface area contributed by atoms with Crippen molar-refractivity contribution < 1.29 is 9.90 Å². The van der Waals surface area contributed by atoms with Crippen LogP contribution in [0.5, 0.6) is 0 Å². The van der Waals surface area contributed by atoms with E-state index in [2.05, 4.69) is 60.7 Å². The Morgan fingerprint density at radius 2 is 0.926 bits per heavy atom. The third-order valence-electron chi connectivity index (χ3n) is 10.7. The van der Waals surface area contributed by atoms with Crippen molar-refractivity contribution in [3.8, 4) is 22.3 Å². The first-order chi connectivity index (χ1) is 28.5. The van der Waals surface area contributed by atoms with Gasteiger partial charge in [-0.2, -0.15) is 0 Å². The Morgan fingerprint density at radius 3 is 1.65 bits per heavy atom. The van der Waals surface area contributed by atoms with Crippen LogP contribution in [-0.2, 0) is 0 Å². The van der Waals surface area contributed by atoms with Gasteiger partial charge in [0.1, 0.15) is 11.2 Å². The SMILES string of the molecule is [2H]c1c([2H])c(N(c2ccc(-c3cccc4c3oc3ccccc34)cc2)c2cc3ccccc3c3ccccc23)c([2H])c([2H])c1-c1cc2ccccc2c2ccccc12. The van der Waals surface area contributed by atoms with E-state index in [-0.39, 0.29) is 35.4 Å². The van der Waals surface area contributed by atoms with Crippen LogP contribution in [0, 0.1) is 0 Å². The van der Waals surface area contributed by atoms with Crippen LogP contribution in [0.15, 0.2) is 205 Å². The predicted octanol–water partition coefficient (Wildman–Crippen LogP) is 15.0. The minimum atomic E-state index is -0.124. The zero-order valence-electron chi connectivity index (χ0n) is 33.1. The molecule has 0 aliphatic rings. The molecule has 1 aromatic heterocycles. The van der Waals surface area contributed by atoms with Gasteiger partial charge in [0.05, 0.1) is 11.2 Å². The second kappa shape index (κ2) is 12.2. The molecule has 0 saturated carbocycles. The van der Waals surface area contributed by atoms with Crippen LogP contribution in [0.3, 0.4) is 0 Å². The van der Waals surface area contributed by atoms with E-state index in [1.807, 2.05) is 120 Å². The molecule has 0 atom stereocenters. The van der Waals surface area contributed by atoms with Gasteiger partial charge in [0.2, 0.25) is 0 Å². The van der Waals surface area contributed by atoms with Crippen LogP contribution in [0.2, 0.25) is 0 Å². The third-order valence-corrected chi connectivity index (χ3v) is 10.7. The van der Waals surface area contributed by atoms with Gasteiger partial charge in [-0.25, -0.2) is 0 Å². The molecule has 0 unspecified atom stereocenters. The molecule has 0 N–H and O–H groups in total. The molecule has 1 heterocycles. The lowest BCUT2D eigenvalue weighted by molar-refractivity contribution is 0.670. The Hall–Kier alpha value is -7.16. The Kier molecular flexibility index (Phi) is 6.02. The van der Waals surface area contributed by atoms with Gasteiger partial charge in [-0.3, -0.25) is 0 Å². The van der Waals surface area contributed by atoms with Crippen molar-refractivity contribution in [1.29, 1.82) is 0 Å². The summed E-state index contributed by atoms with van der Waals surface area (Å²) < 4.78 is 45.2. The molecule has 54 heavy (non-hydrogen) atoms. The Morgan fingerprint density at radius 1 is 0.370 bits per heavy atom. The second-order valence-corrected chi connectivity index (χ2v) is 13.7. The number of fused-ring (bicyclic) bond motifs is 9. The fourth-order valence-electron chi connectivity index (χ4n) is 8.19. The van der Waals surface area contributed by atoms with Gasteiger partial charge < -0.3 is 9.32 Å². The van der Waals surface area contributed by atoms with Crippen LogP contribution in [0.25, 0.3) is 87.3 Å². The summed E-state index contributed by atoms with van der Waals surface area (Å²) in [6, 6.07) is 58.5. The minimum absolute atomic E-state index is 0.0975. The normalized spacial score (nSPS) is 12.7. The summed E-state index contributed by atoms with van der Waals surface area (Å²) in [7, 11) is 0. The Labute approximate surface area is 318 Å². The maximum Gasteiger partial charge on any atom is 0.143 e. The lowest BCUT2D eigenvalue weighted by atomic mass is 9.93. The highest BCUT2D eigenvalue weighted by atomic mass is 16.3. The van der Waals surface area contributed by atoms with Gasteiger partial charge in [-0.15, -0.1) is 0 Å². The summed E-state index contributed by atoms with van der Waals surface area (Å²) in [5.41, 5.74) is 6.13. The number of hydrogen-bond acceptors (Lipinski definition) is 2. The molecular formula is C52H33NO. The largest absolute Gasteiger partial charge is 0.455 e. The summed E-state index contributed by atoms with van der Waals surface area (Å²) in [4.78, 5) is 1.91. The van der Waals surface area contributed by atoms with Crippen molar-refractivity contribution in [3.05, 3.63) is 200 Å². The first kappa shape index (κ1) is 26.6. The first-order valence-corrected chi connectivity index (χ1v) is 18.2. The van der Waals surface area contributed by atoms with E-state index in [0.29, 0.717) is 11.3 Å². The number of anilines is 3. The second-order valence-electron chi connectivity index (χ2n) is 13.7. The van der Waals surface area contributed by atoms with Crippen molar-refractivity contribution in [3.63, 3.8) is 0 Å². The standard InChI is InChI=1S/C52H33NO/c1-3-14-40-36(12-1)32-49(45-18-6-5-16-43(40)45)35-26-30-39(31-27-35)53(50-33-37-13-2-4-15-41(37)44-17-7-8-19-46(44)50)38-28-24-34(25-29-38)42-21-11-22-48-47-20-9-10-23-51(47)54-52(42)48/h1-33H/i26D,27D,30D,31D. The molecule has 0 bridgehead atoms. The fourth-order valence-corrected chi connectivity index (χ4v) is 8.19. The Bertz CT molecular complexity index is 3430. The summed E-state index contributed by atoms with van der Waals surface area (Å²) in [5.74, 6) is 0. The smallest absolute Gasteiger partial charge is 0.143 e. The molecule has 0 saturated heterocycles.